The Morgan fingerprint density at radius 2 is 1.59 bits per heavy atom. The SMILES string of the molecule is CC(=O)Nc1ccc(S(=O)(=O)NC2=C(n3cc[n+](C)c3)C(=O)c3ccccc3C2=O)cc1. The molecule has 0 radical (unpaired) electrons. The molecule has 3 aromatic rings. The predicted molar refractivity (Wildman–Crippen MR) is 115 cm³/mol. The summed E-state index contributed by atoms with van der Waals surface area (Å²) in [6.45, 7) is 1.34. The first-order valence-corrected chi connectivity index (χ1v) is 11.0. The van der Waals surface area contributed by atoms with Crippen LogP contribution in [0.15, 0.2) is 77.8 Å². The van der Waals surface area contributed by atoms with Gasteiger partial charge in [-0.2, -0.15) is 4.57 Å². The van der Waals surface area contributed by atoms with Gasteiger partial charge in [0, 0.05) is 23.7 Å². The summed E-state index contributed by atoms with van der Waals surface area (Å²) < 4.78 is 31.5. The van der Waals surface area contributed by atoms with Gasteiger partial charge in [0.05, 0.1) is 11.9 Å². The second kappa shape index (κ2) is 7.89. The topological polar surface area (TPSA) is 118 Å². The summed E-state index contributed by atoms with van der Waals surface area (Å²) in [6.07, 6.45) is 4.79. The second-order valence-electron chi connectivity index (χ2n) is 7.22. The van der Waals surface area contributed by atoms with E-state index in [1.165, 1.54) is 47.9 Å². The first-order valence-electron chi connectivity index (χ1n) is 9.54. The second-order valence-corrected chi connectivity index (χ2v) is 8.91. The zero-order valence-electron chi connectivity index (χ0n) is 17.2. The molecule has 0 saturated carbocycles. The van der Waals surface area contributed by atoms with Crippen LogP contribution in [0.1, 0.15) is 27.6 Å². The maximum absolute atomic E-state index is 13.2. The smallest absolute Gasteiger partial charge is 0.262 e. The van der Waals surface area contributed by atoms with E-state index in [9.17, 15) is 22.8 Å². The third-order valence-corrected chi connectivity index (χ3v) is 6.21. The van der Waals surface area contributed by atoms with Gasteiger partial charge in [0.1, 0.15) is 18.1 Å². The highest BCUT2D eigenvalue weighted by Crippen LogP contribution is 2.29. The third kappa shape index (κ3) is 3.83. The lowest BCUT2D eigenvalue weighted by Crippen LogP contribution is -2.35. The third-order valence-electron chi connectivity index (χ3n) is 4.84. The summed E-state index contributed by atoms with van der Waals surface area (Å²) in [7, 11) is -2.48. The van der Waals surface area contributed by atoms with Gasteiger partial charge < -0.3 is 5.32 Å². The van der Waals surface area contributed by atoms with Crippen molar-refractivity contribution in [3.05, 3.63) is 84.1 Å². The molecule has 1 aliphatic rings. The number of amides is 1. The molecule has 0 unspecified atom stereocenters. The maximum Gasteiger partial charge on any atom is 0.262 e. The van der Waals surface area contributed by atoms with Crippen molar-refractivity contribution in [1.82, 2.24) is 9.29 Å². The zero-order chi connectivity index (χ0) is 23.0. The number of rotatable bonds is 5. The van der Waals surface area contributed by atoms with E-state index in [0.29, 0.717) is 5.69 Å². The highest BCUT2D eigenvalue weighted by atomic mass is 32.2. The number of imidazole rings is 1. The molecule has 9 nitrogen and oxygen atoms in total. The van der Waals surface area contributed by atoms with Gasteiger partial charge >= 0.3 is 0 Å². The van der Waals surface area contributed by atoms with Crippen molar-refractivity contribution in [2.45, 2.75) is 11.8 Å². The van der Waals surface area contributed by atoms with E-state index in [1.54, 1.807) is 42.5 Å². The molecule has 10 heteroatoms. The Morgan fingerprint density at radius 3 is 2.16 bits per heavy atom. The van der Waals surface area contributed by atoms with Crippen molar-refractivity contribution in [2.75, 3.05) is 5.32 Å². The number of aromatic nitrogens is 2. The number of carbonyl (C=O) groups is 3. The van der Waals surface area contributed by atoms with E-state index >= 15 is 0 Å². The van der Waals surface area contributed by atoms with Crippen LogP contribution in [0, 0.1) is 0 Å². The average molecular weight is 451 g/mol. The standard InChI is InChI=1S/C22H18N4O5S/c1-14(27)23-15-7-9-16(10-8-15)32(30,31)24-19-20(26-12-11-25(2)13-26)22(29)18-6-4-3-5-17(18)21(19)28/h3-13H,1-2H3,(H-,23,24,27,29)/p+1. The van der Waals surface area contributed by atoms with Crippen LogP contribution in [0.2, 0.25) is 0 Å². The van der Waals surface area contributed by atoms with Crippen molar-refractivity contribution in [3.8, 4) is 0 Å². The van der Waals surface area contributed by atoms with Crippen LogP contribution < -0.4 is 14.6 Å². The summed E-state index contributed by atoms with van der Waals surface area (Å²) in [6, 6.07) is 11.7. The number of fused-ring (bicyclic) bond motifs is 1. The van der Waals surface area contributed by atoms with Gasteiger partial charge in [-0.25, -0.2) is 13.0 Å². The molecule has 2 N–H and O–H groups in total. The fourth-order valence-corrected chi connectivity index (χ4v) is 4.47. The van der Waals surface area contributed by atoms with E-state index in [1.807, 2.05) is 0 Å². The number of anilines is 1. The Balaban J connectivity index is 1.80. The van der Waals surface area contributed by atoms with Gasteiger partial charge in [0.25, 0.3) is 10.0 Å². The van der Waals surface area contributed by atoms with Crippen LogP contribution in [0.5, 0.6) is 0 Å². The molecule has 0 aliphatic heterocycles. The van der Waals surface area contributed by atoms with Gasteiger partial charge in [0.2, 0.25) is 29.5 Å². The normalized spacial score (nSPS) is 13.7. The molecule has 0 bridgehead atoms. The quantitative estimate of drug-likeness (QED) is 0.570. The minimum atomic E-state index is -4.21. The molecular weight excluding hydrogens is 432 g/mol. The molecule has 0 fully saturated rings. The summed E-state index contributed by atoms with van der Waals surface area (Å²) in [5.74, 6) is -1.38. The fraction of sp³-hybridized carbons (Fsp3) is 0.0909. The van der Waals surface area contributed by atoms with Gasteiger partial charge in [-0.3, -0.25) is 19.1 Å². The van der Waals surface area contributed by atoms with Crippen molar-refractivity contribution in [1.29, 1.82) is 0 Å². The average Bonchev–Trinajstić information content (AvgIpc) is 3.17. The van der Waals surface area contributed by atoms with Gasteiger partial charge in [-0.1, -0.05) is 24.3 Å². The van der Waals surface area contributed by atoms with Gasteiger partial charge in [-0.05, 0) is 24.3 Å². The Morgan fingerprint density at radius 1 is 0.969 bits per heavy atom. The summed E-state index contributed by atoms with van der Waals surface area (Å²) in [4.78, 5) is 37.5. The first kappa shape index (κ1) is 21.2. The minimum Gasteiger partial charge on any atom is -0.326 e. The zero-order valence-corrected chi connectivity index (χ0v) is 18.0. The van der Waals surface area contributed by atoms with Crippen LogP contribution in [-0.4, -0.2) is 30.5 Å². The van der Waals surface area contributed by atoms with Crippen molar-refractivity contribution >= 4 is 38.9 Å². The van der Waals surface area contributed by atoms with Gasteiger partial charge in [-0.15, -0.1) is 0 Å². The number of ketones is 2. The lowest BCUT2D eigenvalue weighted by molar-refractivity contribution is -0.670. The molecule has 32 heavy (non-hydrogen) atoms. The molecule has 4 rings (SSSR count). The molecule has 2 aromatic carbocycles. The summed E-state index contributed by atoms with van der Waals surface area (Å²) in [5, 5.41) is 2.55. The molecule has 0 saturated heterocycles. The fourth-order valence-electron chi connectivity index (χ4n) is 3.40. The Bertz CT molecular complexity index is 1400. The van der Waals surface area contributed by atoms with Crippen LogP contribution >= 0.6 is 0 Å². The molecule has 0 spiro atoms. The number of aryl methyl sites for hydroxylation is 1. The van der Waals surface area contributed by atoms with E-state index < -0.39 is 21.6 Å². The number of hydrogen-bond acceptors (Lipinski definition) is 5. The van der Waals surface area contributed by atoms with Crippen LogP contribution in [0.25, 0.3) is 5.70 Å². The van der Waals surface area contributed by atoms with E-state index in [4.69, 9.17) is 0 Å². The van der Waals surface area contributed by atoms with Crippen LogP contribution in [0.3, 0.4) is 0 Å². The first-order chi connectivity index (χ1) is 15.2. The maximum atomic E-state index is 13.2. The van der Waals surface area contributed by atoms with E-state index in [0.717, 1.165) is 0 Å². The van der Waals surface area contributed by atoms with Crippen molar-refractivity contribution < 1.29 is 27.4 Å². The van der Waals surface area contributed by atoms with Crippen LogP contribution in [0.4, 0.5) is 5.69 Å². The molecule has 162 valence electrons. The summed E-state index contributed by atoms with van der Waals surface area (Å²) >= 11 is 0. The lowest BCUT2D eigenvalue weighted by Gasteiger charge is -2.19. The van der Waals surface area contributed by atoms with Crippen LogP contribution in [-0.2, 0) is 21.9 Å². The predicted octanol–water partition coefficient (Wildman–Crippen LogP) is 1.50. The molecule has 1 aromatic heterocycles. The number of sulfonamides is 1. The minimum absolute atomic E-state index is 0.0901. The number of carbonyl (C=O) groups excluding carboxylic acids is 3. The number of benzene rings is 2. The number of Topliss-reactive ketones (excluding diaryl/α,β-unsaturated/α-hetero) is 2. The van der Waals surface area contributed by atoms with E-state index in [-0.39, 0.29) is 33.3 Å². The van der Waals surface area contributed by atoms with Crippen molar-refractivity contribution in [3.63, 3.8) is 0 Å². The lowest BCUT2D eigenvalue weighted by atomic mass is 9.90. The van der Waals surface area contributed by atoms with E-state index in [2.05, 4.69) is 10.0 Å². The molecule has 1 heterocycles. The van der Waals surface area contributed by atoms with Gasteiger partial charge in [0.15, 0.2) is 0 Å². The number of nitrogens with zero attached hydrogens (tertiary/aromatic N) is 2. The number of nitrogens with one attached hydrogen (secondary N) is 2. The molecule has 1 amide bonds. The molecule has 1 aliphatic carbocycles. The Labute approximate surface area is 184 Å². The monoisotopic (exact) mass is 451 g/mol. The Kier molecular flexibility index (Phi) is 5.23. The number of hydrogen-bond donors (Lipinski definition) is 2. The molecular formula is C22H19N4O5S+. The highest BCUT2D eigenvalue weighted by molar-refractivity contribution is 7.89. The van der Waals surface area contributed by atoms with Crippen molar-refractivity contribution in [2.24, 2.45) is 7.05 Å². The number of allylic oxidation sites excluding steroid dienone is 2. The highest BCUT2D eigenvalue weighted by Gasteiger charge is 2.38. The Hall–Kier alpha value is -4.05. The molecule has 0 atom stereocenters. The largest absolute Gasteiger partial charge is 0.326 e. The summed E-state index contributed by atoms with van der Waals surface area (Å²) in [5.41, 5.74) is 0.320.